The minimum atomic E-state index is -0.518. The molecule has 84 valence electrons. The third kappa shape index (κ3) is 3.16. The summed E-state index contributed by atoms with van der Waals surface area (Å²) in [5.41, 5.74) is 0.0859. The highest BCUT2D eigenvalue weighted by Gasteiger charge is 2.14. The van der Waals surface area contributed by atoms with Gasteiger partial charge in [-0.3, -0.25) is 0 Å². The van der Waals surface area contributed by atoms with Crippen LogP contribution in [0.1, 0.15) is 13.8 Å². The Bertz CT molecular complexity index is 328. The SMILES string of the molecule is CC(C)C(CO)Nc1cc(F)ccc1F. The van der Waals surface area contributed by atoms with E-state index in [2.05, 4.69) is 5.32 Å². The van der Waals surface area contributed by atoms with Gasteiger partial charge >= 0.3 is 0 Å². The molecule has 0 heterocycles. The van der Waals surface area contributed by atoms with Crippen molar-refractivity contribution < 1.29 is 13.9 Å². The monoisotopic (exact) mass is 215 g/mol. The maximum Gasteiger partial charge on any atom is 0.146 e. The van der Waals surface area contributed by atoms with Gasteiger partial charge < -0.3 is 10.4 Å². The Labute approximate surface area is 87.9 Å². The van der Waals surface area contributed by atoms with Gasteiger partial charge in [0, 0.05) is 0 Å². The maximum atomic E-state index is 13.2. The van der Waals surface area contributed by atoms with Crippen molar-refractivity contribution in [3.63, 3.8) is 0 Å². The van der Waals surface area contributed by atoms with Crippen LogP contribution in [-0.4, -0.2) is 17.8 Å². The van der Waals surface area contributed by atoms with Gasteiger partial charge in [0.15, 0.2) is 0 Å². The van der Waals surface area contributed by atoms with Crippen LogP contribution in [0.4, 0.5) is 14.5 Å². The lowest BCUT2D eigenvalue weighted by Gasteiger charge is -2.21. The number of halogens is 2. The Hall–Kier alpha value is -1.16. The largest absolute Gasteiger partial charge is 0.394 e. The molecule has 2 N–H and O–H groups in total. The number of rotatable bonds is 4. The predicted octanol–water partition coefficient (Wildman–Crippen LogP) is 2.39. The van der Waals surface area contributed by atoms with Crippen LogP contribution in [0, 0.1) is 17.6 Å². The van der Waals surface area contributed by atoms with Crippen molar-refractivity contribution in [2.24, 2.45) is 5.92 Å². The van der Waals surface area contributed by atoms with E-state index >= 15 is 0 Å². The van der Waals surface area contributed by atoms with Crippen LogP contribution in [0.5, 0.6) is 0 Å². The van der Waals surface area contributed by atoms with Crippen LogP contribution < -0.4 is 5.32 Å². The van der Waals surface area contributed by atoms with Gasteiger partial charge in [-0.25, -0.2) is 8.78 Å². The van der Waals surface area contributed by atoms with Gasteiger partial charge in [0.1, 0.15) is 11.6 Å². The number of aliphatic hydroxyl groups excluding tert-OH is 1. The molecule has 0 aliphatic rings. The maximum absolute atomic E-state index is 13.2. The van der Waals surface area contributed by atoms with Crippen LogP contribution in [0.3, 0.4) is 0 Å². The summed E-state index contributed by atoms with van der Waals surface area (Å²) >= 11 is 0. The summed E-state index contributed by atoms with van der Waals surface area (Å²) in [6.45, 7) is 3.67. The molecule has 0 spiro atoms. The Morgan fingerprint density at radius 1 is 1.33 bits per heavy atom. The van der Waals surface area contributed by atoms with Crippen molar-refractivity contribution in [1.29, 1.82) is 0 Å². The molecule has 15 heavy (non-hydrogen) atoms. The summed E-state index contributed by atoms with van der Waals surface area (Å²) < 4.78 is 26.1. The van der Waals surface area contributed by atoms with Crippen molar-refractivity contribution in [3.05, 3.63) is 29.8 Å². The molecular weight excluding hydrogens is 200 g/mol. The summed E-state index contributed by atoms with van der Waals surface area (Å²) in [6.07, 6.45) is 0. The molecule has 0 fully saturated rings. The summed E-state index contributed by atoms with van der Waals surface area (Å²) in [5, 5.41) is 11.8. The van der Waals surface area contributed by atoms with Gasteiger partial charge in [-0.15, -0.1) is 0 Å². The summed E-state index contributed by atoms with van der Waals surface area (Å²) in [7, 11) is 0. The molecule has 2 nitrogen and oxygen atoms in total. The molecule has 1 unspecified atom stereocenters. The summed E-state index contributed by atoms with van der Waals surface area (Å²) in [6, 6.07) is 2.93. The Morgan fingerprint density at radius 3 is 2.53 bits per heavy atom. The lowest BCUT2D eigenvalue weighted by molar-refractivity contribution is 0.249. The minimum absolute atomic E-state index is 0.0859. The van der Waals surface area contributed by atoms with Crippen molar-refractivity contribution in [2.75, 3.05) is 11.9 Å². The van der Waals surface area contributed by atoms with E-state index in [0.717, 1.165) is 18.2 Å². The lowest BCUT2D eigenvalue weighted by atomic mass is 10.1. The second-order valence-electron chi connectivity index (χ2n) is 3.80. The average Bonchev–Trinajstić information content (AvgIpc) is 2.18. The molecule has 0 saturated heterocycles. The highest BCUT2D eigenvalue weighted by Crippen LogP contribution is 2.18. The highest BCUT2D eigenvalue weighted by atomic mass is 19.1. The van der Waals surface area contributed by atoms with E-state index in [-0.39, 0.29) is 24.3 Å². The second-order valence-corrected chi connectivity index (χ2v) is 3.80. The first-order chi connectivity index (χ1) is 7.04. The van der Waals surface area contributed by atoms with E-state index < -0.39 is 11.6 Å². The van der Waals surface area contributed by atoms with Crippen molar-refractivity contribution in [2.45, 2.75) is 19.9 Å². The van der Waals surface area contributed by atoms with Gasteiger partial charge in [0.05, 0.1) is 18.3 Å². The van der Waals surface area contributed by atoms with Crippen molar-refractivity contribution >= 4 is 5.69 Å². The second kappa shape index (κ2) is 5.07. The predicted molar refractivity (Wildman–Crippen MR) is 55.7 cm³/mol. The molecule has 0 radical (unpaired) electrons. The Morgan fingerprint density at radius 2 is 2.00 bits per heavy atom. The number of aliphatic hydroxyl groups is 1. The summed E-state index contributed by atoms with van der Waals surface area (Å²) in [5.74, 6) is -0.882. The Kier molecular flexibility index (Phi) is 4.03. The van der Waals surface area contributed by atoms with Gasteiger partial charge in [-0.05, 0) is 24.1 Å². The first-order valence-electron chi connectivity index (χ1n) is 4.87. The van der Waals surface area contributed by atoms with Gasteiger partial charge in [0.2, 0.25) is 0 Å². The molecule has 0 aliphatic heterocycles. The van der Waals surface area contributed by atoms with E-state index in [1.165, 1.54) is 0 Å². The Balaban J connectivity index is 2.82. The van der Waals surface area contributed by atoms with E-state index in [1.54, 1.807) is 0 Å². The van der Waals surface area contributed by atoms with Crippen LogP contribution in [0.2, 0.25) is 0 Å². The fourth-order valence-electron chi connectivity index (χ4n) is 1.23. The molecule has 1 rings (SSSR count). The zero-order chi connectivity index (χ0) is 11.4. The zero-order valence-electron chi connectivity index (χ0n) is 8.80. The van der Waals surface area contributed by atoms with Gasteiger partial charge in [-0.2, -0.15) is 0 Å². The molecular formula is C11H15F2NO. The first-order valence-corrected chi connectivity index (χ1v) is 4.87. The fraction of sp³-hybridized carbons (Fsp3) is 0.455. The number of nitrogens with one attached hydrogen (secondary N) is 1. The van der Waals surface area contributed by atoms with Crippen LogP contribution in [0.15, 0.2) is 18.2 Å². The molecule has 4 heteroatoms. The van der Waals surface area contributed by atoms with E-state index in [9.17, 15) is 8.78 Å². The lowest BCUT2D eigenvalue weighted by Crippen LogP contribution is -2.29. The van der Waals surface area contributed by atoms with Crippen LogP contribution in [-0.2, 0) is 0 Å². The molecule has 0 aliphatic carbocycles. The molecule has 0 amide bonds. The molecule has 1 aromatic rings. The summed E-state index contributed by atoms with van der Waals surface area (Å²) in [4.78, 5) is 0. The average molecular weight is 215 g/mol. The molecule has 0 bridgehead atoms. The third-order valence-corrected chi connectivity index (χ3v) is 2.27. The van der Waals surface area contributed by atoms with Crippen LogP contribution in [0.25, 0.3) is 0 Å². The number of benzene rings is 1. The van der Waals surface area contributed by atoms with E-state index in [4.69, 9.17) is 5.11 Å². The molecule has 0 aromatic heterocycles. The number of anilines is 1. The molecule has 0 saturated carbocycles. The molecule has 1 aromatic carbocycles. The van der Waals surface area contributed by atoms with E-state index in [0.29, 0.717) is 0 Å². The highest BCUT2D eigenvalue weighted by molar-refractivity contribution is 5.45. The minimum Gasteiger partial charge on any atom is -0.394 e. The topological polar surface area (TPSA) is 32.3 Å². The smallest absolute Gasteiger partial charge is 0.146 e. The van der Waals surface area contributed by atoms with Crippen molar-refractivity contribution in [3.8, 4) is 0 Å². The van der Waals surface area contributed by atoms with Crippen LogP contribution >= 0.6 is 0 Å². The third-order valence-electron chi connectivity index (χ3n) is 2.27. The van der Waals surface area contributed by atoms with Gasteiger partial charge in [0.25, 0.3) is 0 Å². The standard InChI is InChI=1S/C11H15F2NO/c1-7(2)11(6-15)14-10-5-8(12)3-4-9(10)13/h3-5,7,11,14-15H,6H2,1-2H3. The zero-order valence-corrected chi connectivity index (χ0v) is 8.80. The van der Waals surface area contributed by atoms with E-state index in [1.807, 2.05) is 13.8 Å². The first kappa shape index (κ1) is 11.9. The molecule has 1 atom stereocenters. The fourth-order valence-corrected chi connectivity index (χ4v) is 1.23. The normalized spacial score (nSPS) is 12.9. The van der Waals surface area contributed by atoms with Gasteiger partial charge in [-0.1, -0.05) is 13.8 Å². The quantitative estimate of drug-likeness (QED) is 0.808. The number of hydrogen-bond donors (Lipinski definition) is 2. The van der Waals surface area contributed by atoms with Crippen molar-refractivity contribution in [1.82, 2.24) is 0 Å². The number of hydrogen-bond acceptors (Lipinski definition) is 2.